The molecular weight excluding hydrogens is 496 g/mol. The molecule has 0 saturated carbocycles. The van der Waals surface area contributed by atoms with Crippen molar-refractivity contribution >= 4 is 44.8 Å². The normalized spacial score (nSPS) is 10.4. The Morgan fingerprint density at radius 3 is 2.28 bits per heavy atom. The molecule has 6 nitrogen and oxygen atoms in total. The van der Waals surface area contributed by atoms with Crippen LogP contribution in [0.2, 0.25) is 5.02 Å². The fraction of sp³-hybridized carbons (Fsp3) is 0.208. The third-order valence-electron chi connectivity index (χ3n) is 4.69. The molecule has 0 radical (unpaired) electrons. The van der Waals surface area contributed by atoms with Gasteiger partial charge in [-0.25, -0.2) is 0 Å². The predicted molar refractivity (Wildman–Crippen MR) is 131 cm³/mol. The summed E-state index contributed by atoms with van der Waals surface area (Å²) in [6, 6.07) is 16.7. The van der Waals surface area contributed by atoms with E-state index in [2.05, 4.69) is 26.6 Å². The fourth-order valence-corrected chi connectivity index (χ4v) is 3.71. The highest BCUT2D eigenvalue weighted by atomic mass is 79.9. The van der Waals surface area contributed by atoms with Crippen molar-refractivity contribution in [2.24, 2.45) is 0 Å². The SMILES string of the molecule is COc1ccc(NCc2c(Br)ccc(OC)c2OCC(=O)Nc2ccc(C)cc2)cc1Cl. The van der Waals surface area contributed by atoms with Crippen molar-refractivity contribution in [1.82, 2.24) is 0 Å². The van der Waals surface area contributed by atoms with Gasteiger partial charge in [-0.05, 0) is 49.4 Å². The first-order valence-electron chi connectivity index (χ1n) is 9.83. The molecule has 0 fully saturated rings. The van der Waals surface area contributed by atoms with Gasteiger partial charge in [-0.15, -0.1) is 0 Å². The molecular formula is C24H24BrClN2O4. The van der Waals surface area contributed by atoms with Gasteiger partial charge in [0.05, 0.1) is 19.2 Å². The van der Waals surface area contributed by atoms with Crippen molar-refractivity contribution < 1.29 is 19.0 Å². The van der Waals surface area contributed by atoms with Crippen LogP contribution in [0.5, 0.6) is 17.2 Å². The number of aryl methyl sites for hydroxylation is 1. The summed E-state index contributed by atoms with van der Waals surface area (Å²) in [7, 11) is 3.13. The van der Waals surface area contributed by atoms with Gasteiger partial charge in [0.15, 0.2) is 18.1 Å². The van der Waals surface area contributed by atoms with E-state index in [9.17, 15) is 4.79 Å². The number of amides is 1. The Kier molecular flexibility index (Phi) is 8.25. The van der Waals surface area contributed by atoms with Crippen molar-refractivity contribution in [2.75, 3.05) is 31.5 Å². The van der Waals surface area contributed by atoms with Gasteiger partial charge in [-0.1, -0.05) is 45.2 Å². The monoisotopic (exact) mass is 518 g/mol. The second-order valence-corrected chi connectivity index (χ2v) is 8.22. The summed E-state index contributed by atoms with van der Waals surface area (Å²) in [6.45, 7) is 2.24. The highest BCUT2D eigenvalue weighted by Gasteiger charge is 2.16. The molecule has 168 valence electrons. The lowest BCUT2D eigenvalue weighted by Crippen LogP contribution is -2.21. The highest BCUT2D eigenvalue weighted by molar-refractivity contribution is 9.10. The maximum atomic E-state index is 12.4. The van der Waals surface area contributed by atoms with Gasteiger partial charge in [0.1, 0.15) is 5.75 Å². The number of methoxy groups -OCH3 is 2. The largest absolute Gasteiger partial charge is 0.495 e. The zero-order valence-electron chi connectivity index (χ0n) is 18.0. The van der Waals surface area contributed by atoms with E-state index in [-0.39, 0.29) is 12.5 Å². The Hall–Kier alpha value is -2.90. The molecule has 0 aliphatic carbocycles. The van der Waals surface area contributed by atoms with Crippen LogP contribution in [0.25, 0.3) is 0 Å². The van der Waals surface area contributed by atoms with Crippen molar-refractivity contribution in [3.63, 3.8) is 0 Å². The molecule has 0 atom stereocenters. The van der Waals surface area contributed by atoms with Crippen molar-refractivity contribution in [1.29, 1.82) is 0 Å². The van der Waals surface area contributed by atoms with Crippen LogP contribution in [-0.4, -0.2) is 26.7 Å². The van der Waals surface area contributed by atoms with Gasteiger partial charge >= 0.3 is 0 Å². The maximum absolute atomic E-state index is 12.4. The number of hydrogen-bond acceptors (Lipinski definition) is 5. The molecule has 0 bridgehead atoms. The van der Waals surface area contributed by atoms with Crippen LogP contribution in [0, 0.1) is 6.92 Å². The standard InChI is InChI=1S/C24H24BrClN2O4/c1-15-4-6-16(7-5-15)28-23(29)14-32-24-18(19(25)9-11-22(24)31-3)13-27-17-8-10-21(30-2)20(26)12-17/h4-12,27H,13-14H2,1-3H3,(H,28,29). The molecule has 8 heteroatoms. The summed E-state index contributed by atoms with van der Waals surface area (Å²) in [4.78, 5) is 12.4. The Labute approximate surface area is 201 Å². The smallest absolute Gasteiger partial charge is 0.262 e. The van der Waals surface area contributed by atoms with E-state index in [1.54, 1.807) is 32.4 Å². The predicted octanol–water partition coefficient (Wildman–Crippen LogP) is 6.06. The quantitative estimate of drug-likeness (QED) is 0.360. The number of nitrogens with one attached hydrogen (secondary N) is 2. The van der Waals surface area contributed by atoms with Gasteiger partial charge in [0.2, 0.25) is 0 Å². The van der Waals surface area contributed by atoms with Gasteiger partial charge < -0.3 is 24.8 Å². The lowest BCUT2D eigenvalue weighted by molar-refractivity contribution is -0.118. The molecule has 3 aromatic rings. The summed E-state index contributed by atoms with van der Waals surface area (Å²) in [5, 5.41) is 6.65. The van der Waals surface area contributed by atoms with Crippen molar-refractivity contribution in [3.8, 4) is 17.2 Å². The number of rotatable bonds is 9. The molecule has 0 heterocycles. The van der Waals surface area contributed by atoms with E-state index in [0.29, 0.717) is 34.5 Å². The third kappa shape index (κ3) is 6.08. The van der Waals surface area contributed by atoms with Gasteiger partial charge in [-0.2, -0.15) is 0 Å². The van der Waals surface area contributed by atoms with Crippen LogP contribution in [0.3, 0.4) is 0 Å². The average Bonchev–Trinajstić information content (AvgIpc) is 2.78. The summed E-state index contributed by atoms with van der Waals surface area (Å²) < 4.78 is 17.4. The first-order valence-corrected chi connectivity index (χ1v) is 11.0. The number of carbonyl (C=O) groups excluding carboxylic acids is 1. The van der Waals surface area contributed by atoms with E-state index in [0.717, 1.165) is 21.3 Å². The second-order valence-electron chi connectivity index (χ2n) is 6.96. The van der Waals surface area contributed by atoms with Crippen LogP contribution in [0.15, 0.2) is 59.1 Å². The molecule has 3 rings (SSSR count). The summed E-state index contributed by atoms with van der Waals surface area (Å²) in [5.74, 6) is 1.34. The van der Waals surface area contributed by atoms with Crippen molar-refractivity contribution in [2.45, 2.75) is 13.5 Å². The highest BCUT2D eigenvalue weighted by Crippen LogP contribution is 2.37. The Balaban J connectivity index is 1.73. The number of benzene rings is 3. The molecule has 2 N–H and O–H groups in total. The van der Waals surface area contributed by atoms with Gasteiger partial charge in [0.25, 0.3) is 5.91 Å². The molecule has 3 aromatic carbocycles. The average molecular weight is 520 g/mol. The molecule has 0 aromatic heterocycles. The molecule has 0 spiro atoms. The maximum Gasteiger partial charge on any atom is 0.262 e. The molecule has 0 aliphatic heterocycles. The summed E-state index contributed by atoms with van der Waals surface area (Å²) in [6.07, 6.45) is 0. The molecule has 32 heavy (non-hydrogen) atoms. The van der Waals surface area contributed by atoms with E-state index in [1.165, 1.54) is 0 Å². The van der Waals surface area contributed by atoms with Crippen LogP contribution >= 0.6 is 27.5 Å². The zero-order valence-corrected chi connectivity index (χ0v) is 20.3. The Morgan fingerprint density at radius 1 is 0.969 bits per heavy atom. The zero-order chi connectivity index (χ0) is 23.1. The fourth-order valence-electron chi connectivity index (χ4n) is 3.00. The molecule has 1 amide bonds. The summed E-state index contributed by atoms with van der Waals surface area (Å²) in [5.41, 5.74) is 3.45. The van der Waals surface area contributed by atoms with E-state index < -0.39 is 0 Å². The third-order valence-corrected chi connectivity index (χ3v) is 5.73. The van der Waals surface area contributed by atoms with Crippen LogP contribution in [0.1, 0.15) is 11.1 Å². The molecule has 0 unspecified atom stereocenters. The Morgan fingerprint density at radius 2 is 1.62 bits per heavy atom. The van der Waals surface area contributed by atoms with E-state index >= 15 is 0 Å². The minimum atomic E-state index is -0.267. The van der Waals surface area contributed by atoms with E-state index in [4.69, 9.17) is 25.8 Å². The first-order chi connectivity index (χ1) is 15.4. The van der Waals surface area contributed by atoms with Gasteiger partial charge in [-0.3, -0.25) is 4.79 Å². The number of anilines is 2. The number of ether oxygens (including phenoxy) is 3. The lowest BCUT2D eigenvalue weighted by Gasteiger charge is -2.18. The van der Waals surface area contributed by atoms with Gasteiger partial charge in [0, 0.05) is 28.0 Å². The van der Waals surface area contributed by atoms with Crippen molar-refractivity contribution in [3.05, 3.63) is 75.2 Å². The molecule has 0 aliphatic rings. The van der Waals surface area contributed by atoms with E-state index in [1.807, 2.05) is 43.3 Å². The number of halogens is 2. The number of hydrogen-bond donors (Lipinski definition) is 2. The minimum absolute atomic E-state index is 0.165. The minimum Gasteiger partial charge on any atom is -0.495 e. The van der Waals surface area contributed by atoms with Crippen LogP contribution < -0.4 is 24.8 Å². The number of carbonyl (C=O) groups is 1. The Bertz CT molecular complexity index is 1090. The molecule has 0 saturated heterocycles. The van der Waals surface area contributed by atoms with Crippen LogP contribution in [0.4, 0.5) is 11.4 Å². The second kappa shape index (κ2) is 11.1. The lowest BCUT2D eigenvalue weighted by atomic mass is 10.1. The summed E-state index contributed by atoms with van der Waals surface area (Å²) >= 11 is 9.78. The topological polar surface area (TPSA) is 68.8 Å². The first kappa shape index (κ1) is 23.8. The van der Waals surface area contributed by atoms with Crippen LogP contribution in [-0.2, 0) is 11.3 Å².